The Labute approximate surface area is 138 Å². The largest absolute Gasteiger partial charge is 0.351 e. The highest BCUT2D eigenvalue weighted by Gasteiger charge is 2.33. The van der Waals surface area contributed by atoms with E-state index in [2.05, 4.69) is 54.2 Å². The molecule has 0 spiro atoms. The molecule has 1 aliphatic carbocycles. The molecule has 1 aliphatic rings. The van der Waals surface area contributed by atoms with Crippen molar-refractivity contribution in [3.8, 4) is 0 Å². The van der Waals surface area contributed by atoms with Gasteiger partial charge in [-0.1, -0.05) is 18.2 Å². The number of nitrogens with two attached hydrogens (primary N) is 1. The number of fused-ring (bicyclic) bond motifs is 1. The molecule has 0 radical (unpaired) electrons. The predicted octanol–water partition coefficient (Wildman–Crippen LogP) is 3.29. The molecule has 4 nitrogen and oxygen atoms in total. The van der Waals surface area contributed by atoms with Crippen molar-refractivity contribution in [3.05, 3.63) is 36.0 Å². The van der Waals surface area contributed by atoms with Crippen molar-refractivity contribution in [1.82, 2.24) is 9.88 Å². The van der Waals surface area contributed by atoms with Crippen molar-refractivity contribution in [3.63, 3.8) is 0 Å². The van der Waals surface area contributed by atoms with Crippen molar-refractivity contribution in [2.24, 2.45) is 5.73 Å². The first-order valence-electron chi connectivity index (χ1n) is 8.60. The van der Waals surface area contributed by atoms with Gasteiger partial charge in [0.1, 0.15) is 0 Å². The van der Waals surface area contributed by atoms with E-state index >= 15 is 0 Å². The molecular formula is C19H27N3O. The monoisotopic (exact) mass is 313 g/mol. The number of hydrogen-bond acceptors (Lipinski definition) is 2. The fourth-order valence-corrected chi connectivity index (χ4v) is 3.88. The smallest absolute Gasteiger partial charge is 0.221 e. The minimum absolute atomic E-state index is 0.0794. The highest BCUT2D eigenvalue weighted by atomic mass is 16.1. The summed E-state index contributed by atoms with van der Waals surface area (Å²) >= 11 is 0. The molecule has 1 amide bonds. The number of amides is 1. The van der Waals surface area contributed by atoms with E-state index in [4.69, 9.17) is 5.73 Å². The van der Waals surface area contributed by atoms with Crippen LogP contribution >= 0.6 is 0 Å². The molecule has 3 N–H and O–H groups in total. The van der Waals surface area contributed by atoms with Crippen LogP contribution in [0.25, 0.3) is 10.9 Å². The van der Waals surface area contributed by atoms with Crippen LogP contribution in [0, 0.1) is 6.92 Å². The van der Waals surface area contributed by atoms with Crippen molar-refractivity contribution >= 4 is 16.8 Å². The molecule has 4 heteroatoms. The van der Waals surface area contributed by atoms with Crippen LogP contribution in [0.15, 0.2) is 30.5 Å². The molecule has 1 heterocycles. The number of carbonyl (C=O) groups excluding carboxylic acids is 1. The number of rotatable bonds is 4. The molecule has 0 saturated heterocycles. The van der Waals surface area contributed by atoms with Gasteiger partial charge in [0.15, 0.2) is 0 Å². The molecule has 1 fully saturated rings. The van der Waals surface area contributed by atoms with E-state index in [1.807, 2.05) is 0 Å². The molecule has 0 aliphatic heterocycles. The summed E-state index contributed by atoms with van der Waals surface area (Å²) in [6.45, 7) is 4.76. The number of benzene rings is 1. The van der Waals surface area contributed by atoms with Crippen LogP contribution in [0.4, 0.5) is 0 Å². The van der Waals surface area contributed by atoms with Crippen LogP contribution < -0.4 is 11.1 Å². The van der Waals surface area contributed by atoms with E-state index in [1.54, 1.807) is 0 Å². The van der Waals surface area contributed by atoms with Gasteiger partial charge >= 0.3 is 0 Å². The maximum atomic E-state index is 11.8. The summed E-state index contributed by atoms with van der Waals surface area (Å²) in [6.07, 6.45) is 6.85. The fraction of sp³-hybridized carbons (Fsp3) is 0.526. The summed E-state index contributed by atoms with van der Waals surface area (Å²) in [6, 6.07) is 9.21. The third-order valence-electron chi connectivity index (χ3n) is 5.21. The van der Waals surface area contributed by atoms with E-state index in [9.17, 15) is 4.79 Å². The van der Waals surface area contributed by atoms with Gasteiger partial charge in [-0.2, -0.15) is 0 Å². The second-order valence-corrected chi connectivity index (χ2v) is 7.11. The van der Waals surface area contributed by atoms with Crippen LogP contribution in [0.5, 0.6) is 0 Å². The van der Waals surface area contributed by atoms with Gasteiger partial charge in [0, 0.05) is 30.7 Å². The molecule has 124 valence electrons. The SMILES string of the molecule is Cc1cccc2ccn(C3CCC(C)(NC(=O)CCN)CC3)c12. The third kappa shape index (κ3) is 3.27. The first-order valence-corrected chi connectivity index (χ1v) is 8.60. The van der Waals surface area contributed by atoms with Crippen LogP contribution in [-0.4, -0.2) is 22.6 Å². The first-order chi connectivity index (χ1) is 11.0. The van der Waals surface area contributed by atoms with Crippen molar-refractivity contribution in [2.45, 2.75) is 57.5 Å². The Hall–Kier alpha value is -1.81. The topological polar surface area (TPSA) is 60.0 Å². The maximum absolute atomic E-state index is 11.8. The zero-order valence-electron chi connectivity index (χ0n) is 14.1. The summed E-state index contributed by atoms with van der Waals surface area (Å²) in [4.78, 5) is 11.8. The van der Waals surface area contributed by atoms with Crippen LogP contribution in [0.2, 0.25) is 0 Å². The first kappa shape index (κ1) is 16.1. The van der Waals surface area contributed by atoms with E-state index in [0.717, 1.165) is 25.7 Å². The Balaban J connectivity index is 1.72. The Morgan fingerprint density at radius 2 is 2.09 bits per heavy atom. The number of aryl methyl sites for hydroxylation is 1. The lowest BCUT2D eigenvalue weighted by Gasteiger charge is -2.39. The predicted molar refractivity (Wildman–Crippen MR) is 94.4 cm³/mol. The highest BCUT2D eigenvalue weighted by molar-refractivity contribution is 5.83. The van der Waals surface area contributed by atoms with Gasteiger partial charge in [0.2, 0.25) is 5.91 Å². The van der Waals surface area contributed by atoms with Crippen molar-refractivity contribution in [1.29, 1.82) is 0 Å². The van der Waals surface area contributed by atoms with Gasteiger partial charge in [0.25, 0.3) is 0 Å². The van der Waals surface area contributed by atoms with Gasteiger partial charge in [-0.3, -0.25) is 4.79 Å². The summed E-state index contributed by atoms with van der Waals surface area (Å²) in [5.41, 5.74) is 8.07. The van der Waals surface area contributed by atoms with E-state index < -0.39 is 0 Å². The summed E-state index contributed by atoms with van der Waals surface area (Å²) in [5, 5.41) is 4.50. The minimum Gasteiger partial charge on any atom is -0.351 e. The van der Waals surface area contributed by atoms with Gasteiger partial charge in [-0.05, 0) is 56.5 Å². The maximum Gasteiger partial charge on any atom is 0.221 e. The van der Waals surface area contributed by atoms with Gasteiger partial charge in [-0.25, -0.2) is 0 Å². The molecule has 0 bridgehead atoms. The lowest BCUT2D eigenvalue weighted by atomic mass is 9.80. The molecule has 0 unspecified atom stereocenters. The zero-order chi connectivity index (χ0) is 16.4. The van der Waals surface area contributed by atoms with E-state index in [-0.39, 0.29) is 11.4 Å². The van der Waals surface area contributed by atoms with Gasteiger partial charge in [-0.15, -0.1) is 0 Å². The standard InChI is InChI=1S/C19H27N3O/c1-14-4-3-5-15-9-13-22(18(14)15)16-6-10-19(2,11-7-16)21-17(23)8-12-20/h3-5,9,13,16H,6-8,10-12,20H2,1-2H3,(H,21,23). The summed E-state index contributed by atoms with van der Waals surface area (Å²) in [7, 11) is 0. The Bertz CT molecular complexity index is 696. The Morgan fingerprint density at radius 3 is 2.78 bits per heavy atom. The number of nitrogens with zero attached hydrogens (tertiary/aromatic N) is 1. The average Bonchev–Trinajstić information content (AvgIpc) is 2.93. The fourth-order valence-electron chi connectivity index (χ4n) is 3.88. The van der Waals surface area contributed by atoms with Crippen molar-refractivity contribution in [2.75, 3.05) is 6.54 Å². The number of hydrogen-bond donors (Lipinski definition) is 2. The van der Waals surface area contributed by atoms with Crippen LogP contribution in [0.1, 0.15) is 50.6 Å². The third-order valence-corrected chi connectivity index (χ3v) is 5.21. The van der Waals surface area contributed by atoms with E-state index in [0.29, 0.717) is 19.0 Å². The number of carbonyl (C=O) groups is 1. The number of nitrogens with one attached hydrogen (secondary N) is 1. The molecule has 1 aromatic heterocycles. The molecule has 2 aromatic rings. The highest BCUT2D eigenvalue weighted by Crippen LogP contribution is 2.37. The van der Waals surface area contributed by atoms with E-state index in [1.165, 1.54) is 16.5 Å². The Kier molecular flexibility index (Phi) is 4.44. The van der Waals surface area contributed by atoms with Gasteiger partial charge < -0.3 is 15.6 Å². The number of aromatic nitrogens is 1. The summed E-state index contributed by atoms with van der Waals surface area (Å²) < 4.78 is 2.44. The summed E-state index contributed by atoms with van der Waals surface area (Å²) in [5.74, 6) is 0.0794. The van der Waals surface area contributed by atoms with Crippen LogP contribution in [-0.2, 0) is 4.79 Å². The molecule has 1 aromatic carbocycles. The molecule has 1 saturated carbocycles. The quantitative estimate of drug-likeness (QED) is 0.910. The molecule has 3 rings (SSSR count). The average molecular weight is 313 g/mol. The van der Waals surface area contributed by atoms with Gasteiger partial charge in [0.05, 0.1) is 5.52 Å². The number of para-hydroxylation sites is 1. The zero-order valence-corrected chi connectivity index (χ0v) is 14.1. The lowest BCUT2D eigenvalue weighted by molar-refractivity contribution is -0.123. The van der Waals surface area contributed by atoms with Crippen molar-refractivity contribution < 1.29 is 4.79 Å². The molecule has 23 heavy (non-hydrogen) atoms. The second kappa shape index (κ2) is 6.36. The normalized spacial score (nSPS) is 24.7. The van der Waals surface area contributed by atoms with Crippen LogP contribution in [0.3, 0.4) is 0 Å². The molecular weight excluding hydrogens is 286 g/mol. The minimum atomic E-state index is -0.0826. The molecule has 0 atom stereocenters. The lowest BCUT2D eigenvalue weighted by Crippen LogP contribution is -2.48. The Morgan fingerprint density at radius 1 is 1.35 bits per heavy atom. The second-order valence-electron chi connectivity index (χ2n) is 7.11.